The van der Waals surface area contributed by atoms with Gasteiger partial charge in [0.25, 0.3) is 0 Å². The third kappa shape index (κ3) is 4.67. The Morgan fingerprint density at radius 3 is 2.44 bits per heavy atom. The lowest BCUT2D eigenvalue weighted by molar-refractivity contribution is 0.151. The number of nitrogens with one attached hydrogen (secondary N) is 1. The fourth-order valence-electron chi connectivity index (χ4n) is 1.72. The SMILES string of the molecule is CCCc1ccc(OCCC(C)(CO)NC)cc1. The molecule has 0 saturated heterocycles. The minimum absolute atomic E-state index is 0.113. The van der Waals surface area contributed by atoms with E-state index in [2.05, 4.69) is 24.4 Å². The van der Waals surface area contributed by atoms with Crippen LogP contribution in [0.3, 0.4) is 0 Å². The summed E-state index contributed by atoms with van der Waals surface area (Å²) in [5.41, 5.74) is 1.09. The summed E-state index contributed by atoms with van der Waals surface area (Å²) in [6.45, 7) is 4.88. The molecule has 0 saturated carbocycles. The van der Waals surface area contributed by atoms with Gasteiger partial charge in [-0.3, -0.25) is 0 Å². The highest BCUT2D eigenvalue weighted by Crippen LogP contribution is 2.15. The number of ether oxygens (including phenoxy) is 1. The number of aryl methyl sites for hydroxylation is 1. The van der Waals surface area contributed by atoms with Crippen LogP contribution >= 0.6 is 0 Å². The van der Waals surface area contributed by atoms with Crippen molar-refractivity contribution in [3.63, 3.8) is 0 Å². The molecule has 0 aliphatic rings. The lowest BCUT2D eigenvalue weighted by Crippen LogP contribution is -2.44. The summed E-state index contributed by atoms with van der Waals surface area (Å²) in [6.07, 6.45) is 3.05. The standard InChI is InChI=1S/C15H25NO2/c1-4-5-13-6-8-14(9-7-13)18-11-10-15(2,12-17)16-3/h6-9,16-17H,4-5,10-12H2,1-3H3. The number of likely N-dealkylation sites (N-methyl/N-ethyl adjacent to an activating group) is 1. The smallest absolute Gasteiger partial charge is 0.119 e. The Kier molecular flexibility index (Phi) is 6.16. The molecule has 0 heterocycles. The second-order valence-electron chi connectivity index (χ2n) is 4.96. The maximum Gasteiger partial charge on any atom is 0.119 e. The molecule has 0 fully saturated rings. The molecule has 0 aromatic heterocycles. The molecule has 0 amide bonds. The second-order valence-corrected chi connectivity index (χ2v) is 4.96. The van der Waals surface area contributed by atoms with Crippen LogP contribution in [0.15, 0.2) is 24.3 Å². The van der Waals surface area contributed by atoms with Gasteiger partial charge in [-0.15, -0.1) is 0 Å². The Morgan fingerprint density at radius 1 is 1.28 bits per heavy atom. The van der Waals surface area contributed by atoms with E-state index < -0.39 is 0 Å². The zero-order chi connectivity index (χ0) is 13.4. The highest BCUT2D eigenvalue weighted by atomic mass is 16.5. The first-order valence-corrected chi connectivity index (χ1v) is 6.65. The second kappa shape index (κ2) is 7.39. The summed E-state index contributed by atoms with van der Waals surface area (Å²) in [5, 5.41) is 12.4. The number of hydrogen-bond donors (Lipinski definition) is 2. The van der Waals surface area contributed by atoms with E-state index in [1.807, 2.05) is 26.1 Å². The molecule has 1 rings (SSSR count). The molecule has 18 heavy (non-hydrogen) atoms. The van der Waals surface area contributed by atoms with Gasteiger partial charge in [-0.2, -0.15) is 0 Å². The molecule has 0 aliphatic heterocycles. The van der Waals surface area contributed by atoms with Crippen LogP contribution in [0.25, 0.3) is 0 Å². The van der Waals surface area contributed by atoms with Crippen LogP contribution in [-0.2, 0) is 6.42 Å². The molecule has 1 atom stereocenters. The molecule has 0 spiro atoms. The summed E-state index contributed by atoms with van der Waals surface area (Å²) < 4.78 is 5.69. The van der Waals surface area contributed by atoms with E-state index in [0.29, 0.717) is 6.61 Å². The molecule has 1 aromatic carbocycles. The summed E-state index contributed by atoms with van der Waals surface area (Å²) in [4.78, 5) is 0. The molecule has 0 aliphatic carbocycles. The van der Waals surface area contributed by atoms with Gasteiger partial charge in [0.2, 0.25) is 0 Å². The first-order chi connectivity index (χ1) is 8.63. The van der Waals surface area contributed by atoms with Crippen LogP contribution in [0.5, 0.6) is 5.75 Å². The van der Waals surface area contributed by atoms with Gasteiger partial charge >= 0.3 is 0 Å². The molecule has 1 unspecified atom stereocenters. The Hall–Kier alpha value is -1.06. The first kappa shape index (κ1) is 15.0. The molecule has 102 valence electrons. The van der Waals surface area contributed by atoms with Crippen molar-refractivity contribution < 1.29 is 9.84 Å². The molecular weight excluding hydrogens is 226 g/mol. The molecule has 0 bridgehead atoms. The van der Waals surface area contributed by atoms with Crippen molar-refractivity contribution in [3.05, 3.63) is 29.8 Å². The van der Waals surface area contributed by atoms with E-state index in [0.717, 1.165) is 25.0 Å². The number of aliphatic hydroxyl groups excluding tert-OH is 1. The van der Waals surface area contributed by atoms with E-state index in [1.165, 1.54) is 5.56 Å². The van der Waals surface area contributed by atoms with Gasteiger partial charge in [-0.25, -0.2) is 0 Å². The Morgan fingerprint density at radius 2 is 1.94 bits per heavy atom. The predicted octanol–water partition coefficient (Wildman–Crippen LogP) is 2.38. The summed E-state index contributed by atoms with van der Waals surface area (Å²) in [6, 6.07) is 8.26. The Labute approximate surface area is 110 Å². The van der Waals surface area contributed by atoms with E-state index in [-0.39, 0.29) is 12.1 Å². The lowest BCUT2D eigenvalue weighted by Gasteiger charge is -2.26. The van der Waals surface area contributed by atoms with Crippen molar-refractivity contribution in [1.29, 1.82) is 0 Å². The molecule has 3 heteroatoms. The molecule has 1 aromatic rings. The zero-order valence-corrected chi connectivity index (χ0v) is 11.7. The van der Waals surface area contributed by atoms with Crippen LogP contribution in [0, 0.1) is 0 Å². The van der Waals surface area contributed by atoms with Crippen molar-refractivity contribution >= 4 is 0 Å². The van der Waals surface area contributed by atoms with Crippen LogP contribution < -0.4 is 10.1 Å². The van der Waals surface area contributed by atoms with Crippen molar-refractivity contribution in [2.45, 2.75) is 38.6 Å². The number of rotatable bonds is 8. The monoisotopic (exact) mass is 251 g/mol. The molecule has 2 N–H and O–H groups in total. The van der Waals surface area contributed by atoms with E-state index in [9.17, 15) is 5.11 Å². The minimum Gasteiger partial charge on any atom is -0.494 e. The average molecular weight is 251 g/mol. The topological polar surface area (TPSA) is 41.5 Å². The highest BCUT2D eigenvalue weighted by molar-refractivity contribution is 5.27. The van der Waals surface area contributed by atoms with Crippen molar-refractivity contribution in [2.75, 3.05) is 20.3 Å². The fourth-order valence-corrected chi connectivity index (χ4v) is 1.72. The molecule has 3 nitrogen and oxygen atoms in total. The van der Waals surface area contributed by atoms with Gasteiger partial charge in [0.15, 0.2) is 0 Å². The van der Waals surface area contributed by atoms with Crippen molar-refractivity contribution in [3.8, 4) is 5.75 Å². The zero-order valence-electron chi connectivity index (χ0n) is 11.7. The summed E-state index contributed by atoms with van der Waals surface area (Å²) >= 11 is 0. The number of benzene rings is 1. The fraction of sp³-hybridized carbons (Fsp3) is 0.600. The van der Waals surface area contributed by atoms with E-state index in [4.69, 9.17) is 4.74 Å². The van der Waals surface area contributed by atoms with Gasteiger partial charge in [-0.05, 0) is 38.1 Å². The van der Waals surface area contributed by atoms with Gasteiger partial charge < -0.3 is 15.2 Å². The number of hydrogen-bond acceptors (Lipinski definition) is 3. The third-order valence-electron chi connectivity index (χ3n) is 3.34. The third-order valence-corrected chi connectivity index (χ3v) is 3.34. The maximum absolute atomic E-state index is 9.26. The van der Waals surface area contributed by atoms with E-state index >= 15 is 0 Å². The van der Waals surface area contributed by atoms with Crippen LogP contribution in [0.4, 0.5) is 0 Å². The summed E-state index contributed by atoms with van der Waals surface area (Å²) in [7, 11) is 1.86. The quantitative estimate of drug-likeness (QED) is 0.745. The van der Waals surface area contributed by atoms with Gasteiger partial charge in [0, 0.05) is 12.0 Å². The predicted molar refractivity (Wildman–Crippen MR) is 75.1 cm³/mol. The van der Waals surface area contributed by atoms with Gasteiger partial charge in [-0.1, -0.05) is 25.5 Å². The minimum atomic E-state index is -0.262. The van der Waals surface area contributed by atoms with Gasteiger partial charge in [0.05, 0.1) is 13.2 Å². The van der Waals surface area contributed by atoms with Crippen molar-refractivity contribution in [1.82, 2.24) is 5.32 Å². The average Bonchev–Trinajstić information content (AvgIpc) is 2.41. The van der Waals surface area contributed by atoms with Crippen LogP contribution in [-0.4, -0.2) is 30.9 Å². The van der Waals surface area contributed by atoms with Crippen molar-refractivity contribution in [2.24, 2.45) is 0 Å². The normalized spacial score (nSPS) is 14.2. The molecule has 0 radical (unpaired) electrons. The largest absolute Gasteiger partial charge is 0.494 e. The maximum atomic E-state index is 9.26. The molecular formula is C15H25NO2. The number of aliphatic hydroxyl groups is 1. The van der Waals surface area contributed by atoms with Crippen LogP contribution in [0.1, 0.15) is 32.3 Å². The summed E-state index contributed by atoms with van der Waals surface area (Å²) in [5.74, 6) is 0.895. The Bertz CT molecular complexity index is 331. The first-order valence-electron chi connectivity index (χ1n) is 6.65. The van der Waals surface area contributed by atoms with E-state index in [1.54, 1.807) is 0 Å². The van der Waals surface area contributed by atoms with Crippen LogP contribution in [0.2, 0.25) is 0 Å². The van der Waals surface area contributed by atoms with Gasteiger partial charge in [0.1, 0.15) is 5.75 Å². The highest BCUT2D eigenvalue weighted by Gasteiger charge is 2.20. The Balaban J connectivity index is 2.39. The lowest BCUT2D eigenvalue weighted by atomic mass is 10.0.